The van der Waals surface area contributed by atoms with Crippen molar-refractivity contribution in [3.63, 3.8) is 0 Å². The van der Waals surface area contributed by atoms with Crippen LogP contribution >= 0.6 is 0 Å². The summed E-state index contributed by atoms with van der Waals surface area (Å²) in [5.41, 5.74) is 4.15. The predicted molar refractivity (Wildman–Crippen MR) is 95.3 cm³/mol. The highest BCUT2D eigenvalue weighted by atomic mass is 16.5. The van der Waals surface area contributed by atoms with E-state index in [2.05, 4.69) is 11.4 Å². The number of hydrogen-bond donors (Lipinski definition) is 2. The van der Waals surface area contributed by atoms with Crippen LogP contribution in [0.1, 0.15) is 16.7 Å². The van der Waals surface area contributed by atoms with Crippen molar-refractivity contribution >= 4 is 17.6 Å². The summed E-state index contributed by atoms with van der Waals surface area (Å²) in [4.78, 5) is 25.6. The van der Waals surface area contributed by atoms with Gasteiger partial charge < -0.3 is 15.0 Å². The maximum Gasteiger partial charge on any atom is 0.365 e. The second kappa shape index (κ2) is 7.49. The molecule has 2 atom stereocenters. The maximum atomic E-state index is 12.5. The van der Waals surface area contributed by atoms with E-state index in [-0.39, 0.29) is 24.5 Å². The van der Waals surface area contributed by atoms with Gasteiger partial charge in [0.2, 0.25) is 0 Å². The Morgan fingerprint density at radius 1 is 1.12 bits per heavy atom. The number of ether oxygens (including phenoxy) is 1. The topological polar surface area (TPSA) is 59.8 Å². The first kappa shape index (κ1) is 17.2. The van der Waals surface area contributed by atoms with Crippen LogP contribution in [0.25, 0.3) is 0 Å². The molecule has 0 saturated carbocycles. The van der Waals surface area contributed by atoms with E-state index in [1.165, 1.54) is 12.7 Å². The van der Waals surface area contributed by atoms with Crippen LogP contribution in [0.2, 0.25) is 0 Å². The molecule has 0 radical (unpaired) electrons. The van der Waals surface area contributed by atoms with Crippen molar-refractivity contribution in [3.05, 3.63) is 65.2 Å². The number of methoxy groups -OCH3 is 1. The molecule has 130 valence electrons. The van der Waals surface area contributed by atoms with E-state index >= 15 is 0 Å². The van der Waals surface area contributed by atoms with E-state index < -0.39 is 0 Å². The Bertz CT molecular complexity index is 788. The largest absolute Gasteiger partial charge is 0.465 e. The third-order valence-electron chi connectivity index (χ3n) is 4.75. The molecule has 5 heteroatoms. The number of hydrogen-bond acceptors (Lipinski definition) is 3. The number of para-hydroxylation sites is 1. The molecule has 0 spiro atoms. The number of carbonyl (C=O) groups excluding carboxylic acids is 2. The molecule has 0 saturated heterocycles. The molecule has 2 N–H and O–H groups in total. The molecule has 2 aromatic carbocycles. The van der Waals surface area contributed by atoms with Crippen LogP contribution in [0.3, 0.4) is 0 Å². The number of fused-ring (bicyclic) bond motifs is 1. The van der Waals surface area contributed by atoms with Crippen molar-refractivity contribution in [2.75, 3.05) is 19.0 Å². The smallest absolute Gasteiger partial charge is 0.365 e. The number of rotatable bonds is 4. The van der Waals surface area contributed by atoms with Gasteiger partial charge in [0, 0.05) is 17.7 Å². The van der Waals surface area contributed by atoms with Crippen LogP contribution in [0.15, 0.2) is 48.5 Å². The molecule has 3 rings (SSSR count). The van der Waals surface area contributed by atoms with Crippen molar-refractivity contribution in [3.8, 4) is 0 Å². The highest BCUT2D eigenvalue weighted by molar-refractivity contribution is 5.92. The third kappa shape index (κ3) is 3.88. The number of amides is 1. The molecular weight excluding hydrogens is 316 g/mol. The highest BCUT2D eigenvalue weighted by Crippen LogP contribution is 2.15. The zero-order valence-corrected chi connectivity index (χ0v) is 14.5. The van der Waals surface area contributed by atoms with Crippen molar-refractivity contribution in [2.24, 2.45) is 0 Å². The molecule has 1 heterocycles. The summed E-state index contributed by atoms with van der Waals surface area (Å²) in [6, 6.07) is 15.4. The van der Waals surface area contributed by atoms with Gasteiger partial charge in [-0.3, -0.25) is 4.79 Å². The minimum atomic E-state index is -0.359. The van der Waals surface area contributed by atoms with E-state index in [9.17, 15) is 9.59 Å². The second-order valence-corrected chi connectivity index (χ2v) is 6.42. The van der Waals surface area contributed by atoms with Gasteiger partial charge >= 0.3 is 5.97 Å². The van der Waals surface area contributed by atoms with E-state index in [0.29, 0.717) is 13.0 Å². The second-order valence-electron chi connectivity index (χ2n) is 6.42. The fourth-order valence-corrected chi connectivity index (χ4v) is 3.35. The molecule has 2 aromatic rings. The molecule has 1 unspecified atom stereocenters. The Morgan fingerprint density at radius 2 is 1.80 bits per heavy atom. The highest BCUT2D eigenvalue weighted by Gasteiger charge is 2.37. The van der Waals surface area contributed by atoms with Gasteiger partial charge in [0.1, 0.15) is 6.54 Å². The molecule has 0 aromatic heterocycles. The van der Waals surface area contributed by atoms with Gasteiger partial charge in [0.25, 0.3) is 5.91 Å². The predicted octanol–water partition coefficient (Wildman–Crippen LogP) is 1.12. The van der Waals surface area contributed by atoms with Crippen molar-refractivity contribution in [1.82, 2.24) is 0 Å². The van der Waals surface area contributed by atoms with Crippen molar-refractivity contribution in [2.45, 2.75) is 25.9 Å². The van der Waals surface area contributed by atoms with E-state index in [1.54, 1.807) is 0 Å². The number of carbonyl (C=O) groups is 2. The minimum Gasteiger partial charge on any atom is -0.465 e. The van der Waals surface area contributed by atoms with Gasteiger partial charge in [0.05, 0.1) is 7.11 Å². The number of anilines is 1. The molecule has 0 fully saturated rings. The molecule has 25 heavy (non-hydrogen) atoms. The van der Waals surface area contributed by atoms with E-state index in [4.69, 9.17) is 4.74 Å². The van der Waals surface area contributed by atoms with Gasteiger partial charge in [0.15, 0.2) is 12.6 Å². The molecule has 0 bridgehead atoms. The number of esters is 1. The molecule has 1 aliphatic rings. The monoisotopic (exact) mass is 339 g/mol. The lowest BCUT2D eigenvalue weighted by Gasteiger charge is -2.31. The lowest BCUT2D eigenvalue weighted by atomic mass is 9.94. The van der Waals surface area contributed by atoms with Crippen molar-refractivity contribution in [1.29, 1.82) is 0 Å². The van der Waals surface area contributed by atoms with Crippen LogP contribution in [0.5, 0.6) is 0 Å². The quantitative estimate of drug-likeness (QED) is 0.821. The van der Waals surface area contributed by atoms with Gasteiger partial charge in [-0.1, -0.05) is 42.5 Å². The zero-order chi connectivity index (χ0) is 17.8. The van der Waals surface area contributed by atoms with Crippen LogP contribution in [0, 0.1) is 6.92 Å². The Balaban J connectivity index is 1.75. The summed E-state index contributed by atoms with van der Waals surface area (Å²) in [6.45, 7) is 2.82. The third-order valence-corrected chi connectivity index (χ3v) is 4.75. The molecular formula is C20H23N2O3+. The minimum absolute atomic E-state index is 0.0995. The van der Waals surface area contributed by atoms with Crippen molar-refractivity contribution < 1.29 is 19.2 Å². The Kier molecular flexibility index (Phi) is 5.14. The molecule has 1 amide bonds. The Hall–Kier alpha value is -2.66. The number of quaternary nitrogens is 1. The first-order valence-electron chi connectivity index (χ1n) is 8.43. The number of nitrogens with one attached hydrogen (secondary N) is 2. The number of benzene rings is 2. The number of aryl methyl sites for hydroxylation is 1. The molecule has 5 nitrogen and oxygen atoms in total. The van der Waals surface area contributed by atoms with Crippen LogP contribution < -0.4 is 10.2 Å². The van der Waals surface area contributed by atoms with Gasteiger partial charge in [-0.15, -0.1) is 0 Å². The van der Waals surface area contributed by atoms with Crippen LogP contribution in [-0.4, -0.2) is 31.6 Å². The summed E-state index contributed by atoms with van der Waals surface area (Å²) in [7, 11) is 1.40. The Labute approximate surface area is 147 Å². The van der Waals surface area contributed by atoms with E-state index in [0.717, 1.165) is 21.7 Å². The fraction of sp³-hybridized carbons (Fsp3) is 0.300. The van der Waals surface area contributed by atoms with Crippen LogP contribution in [0.4, 0.5) is 5.69 Å². The normalized spacial score (nSPS) is 19.0. The lowest BCUT2D eigenvalue weighted by Crippen LogP contribution is -3.17. The zero-order valence-electron chi connectivity index (χ0n) is 14.5. The molecule has 1 aliphatic heterocycles. The van der Waals surface area contributed by atoms with Gasteiger partial charge in [-0.25, -0.2) is 4.79 Å². The Morgan fingerprint density at radius 3 is 2.52 bits per heavy atom. The lowest BCUT2D eigenvalue weighted by molar-refractivity contribution is -0.924. The summed E-state index contributed by atoms with van der Waals surface area (Å²) >= 11 is 0. The first-order valence-corrected chi connectivity index (χ1v) is 8.43. The summed E-state index contributed by atoms with van der Waals surface area (Å²) in [5.74, 6) is -0.370. The maximum absolute atomic E-state index is 12.5. The average molecular weight is 339 g/mol. The standard InChI is InChI=1S/C20H22N2O3/c1-14-7-3-6-10-17(14)21-19(23)13-22-12-16-9-5-4-8-15(16)11-18(22)20(24)25-2/h3-10,18H,11-13H2,1-2H3,(H,21,23)/p+1/t18-/m0/s1. The van der Waals surface area contributed by atoms with Crippen LogP contribution in [-0.2, 0) is 27.3 Å². The average Bonchev–Trinajstić information content (AvgIpc) is 2.62. The molecule has 0 aliphatic carbocycles. The SMILES string of the molecule is COC(=O)[C@@H]1Cc2ccccc2C[NH+]1CC(=O)Nc1ccccc1C. The van der Waals surface area contributed by atoms with E-state index in [1.807, 2.05) is 49.4 Å². The first-order chi connectivity index (χ1) is 12.1. The van der Waals surface area contributed by atoms with Gasteiger partial charge in [-0.2, -0.15) is 0 Å². The summed E-state index contributed by atoms with van der Waals surface area (Å²) in [6.07, 6.45) is 0.593. The summed E-state index contributed by atoms with van der Waals surface area (Å²) in [5, 5.41) is 2.95. The van der Waals surface area contributed by atoms with Gasteiger partial charge in [-0.05, 0) is 24.1 Å². The summed E-state index contributed by atoms with van der Waals surface area (Å²) < 4.78 is 4.96. The fourth-order valence-electron chi connectivity index (χ4n) is 3.35.